The number of amides is 1. The fourth-order valence-electron chi connectivity index (χ4n) is 2.59. The summed E-state index contributed by atoms with van der Waals surface area (Å²) in [6.07, 6.45) is 7.79. The molecule has 0 fully saturated rings. The molecule has 2 aromatic rings. The maximum Gasteiger partial charge on any atom is 0.217 e. The van der Waals surface area contributed by atoms with Crippen LogP contribution in [-0.2, 0) is 17.6 Å². The van der Waals surface area contributed by atoms with E-state index in [9.17, 15) is 4.79 Å². The first-order valence-corrected chi connectivity index (χ1v) is 8.72. The van der Waals surface area contributed by atoms with Crippen molar-refractivity contribution in [3.8, 4) is 0 Å². The van der Waals surface area contributed by atoms with E-state index in [1.165, 1.54) is 35.1 Å². The first kappa shape index (κ1) is 13.8. The van der Waals surface area contributed by atoms with E-state index in [1.54, 1.807) is 18.1 Å². The van der Waals surface area contributed by atoms with Crippen molar-refractivity contribution in [3.63, 3.8) is 0 Å². The van der Waals surface area contributed by atoms with Crippen molar-refractivity contribution >= 4 is 39.2 Å². The lowest BCUT2D eigenvalue weighted by Crippen LogP contribution is -2.10. The van der Waals surface area contributed by atoms with Crippen LogP contribution < -0.4 is 5.73 Å². The molecular formula is C14H17N3OS2. The van der Waals surface area contributed by atoms with E-state index in [1.807, 2.05) is 11.3 Å². The smallest absolute Gasteiger partial charge is 0.217 e. The van der Waals surface area contributed by atoms with Gasteiger partial charge in [0.05, 0.1) is 0 Å². The number of carbonyl (C=O) groups excluding carboxylic acids is 1. The molecule has 0 saturated heterocycles. The minimum Gasteiger partial charge on any atom is -0.370 e. The summed E-state index contributed by atoms with van der Waals surface area (Å²) in [4.78, 5) is 22.2. The van der Waals surface area contributed by atoms with Crippen molar-refractivity contribution in [1.29, 1.82) is 0 Å². The Morgan fingerprint density at radius 3 is 3.05 bits per heavy atom. The molecule has 2 heterocycles. The van der Waals surface area contributed by atoms with Crippen molar-refractivity contribution in [2.24, 2.45) is 5.73 Å². The Kier molecular flexibility index (Phi) is 4.21. The van der Waals surface area contributed by atoms with Crippen molar-refractivity contribution in [3.05, 3.63) is 16.8 Å². The third-order valence-corrected chi connectivity index (χ3v) is 5.80. The molecule has 1 aliphatic rings. The fraction of sp³-hybridized carbons (Fsp3) is 0.500. The van der Waals surface area contributed by atoms with Gasteiger partial charge in [0.1, 0.15) is 16.2 Å². The summed E-state index contributed by atoms with van der Waals surface area (Å²) in [6, 6.07) is 0. The van der Waals surface area contributed by atoms with Crippen LogP contribution in [0, 0.1) is 0 Å². The summed E-state index contributed by atoms with van der Waals surface area (Å²) in [7, 11) is 0. The predicted octanol–water partition coefficient (Wildman–Crippen LogP) is 2.93. The second-order valence-corrected chi connectivity index (χ2v) is 7.16. The Labute approximate surface area is 126 Å². The number of hydrogen-bond donors (Lipinski definition) is 1. The van der Waals surface area contributed by atoms with E-state index in [2.05, 4.69) is 9.97 Å². The molecule has 20 heavy (non-hydrogen) atoms. The predicted molar refractivity (Wildman–Crippen MR) is 83.2 cm³/mol. The van der Waals surface area contributed by atoms with Crippen LogP contribution in [0.2, 0.25) is 0 Å². The number of hydrogen-bond acceptors (Lipinski definition) is 5. The van der Waals surface area contributed by atoms with Crippen LogP contribution in [0.4, 0.5) is 0 Å². The van der Waals surface area contributed by atoms with E-state index < -0.39 is 0 Å². The molecule has 1 aliphatic carbocycles. The minimum absolute atomic E-state index is 0.230. The highest BCUT2D eigenvalue weighted by atomic mass is 32.2. The number of nitrogens with zero attached hydrogens (tertiary/aromatic N) is 2. The third-order valence-electron chi connectivity index (χ3n) is 3.52. The number of primary amides is 1. The summed E-state index contributed by atoms with van der Waals surface area (Å²) in [5.41, 5.74) is 6.63. The van der Waals surface area contributed by atoms with Crippen LogP contribution in [0.15, 0.2) is 11.4 Å². The highest BCUT2D eigenvalue weighted by Gasteiger charge is 2.19. The first-order chi connectivity index (χ1) is 9.75. The molecule has 0 saturated carbocycles. The van der Waals surface area contributed by atoms with Gasteiger partial charge in [-0.25, -0.2) is 9.97 Å². The maximum absolute atomic E-state index is 10.8. The molecule has 0 radical (unpaired) electrons. The Hall–Kier alpha value is -1.14. The van der Waals surface area contributed by atoms with E-state index >= 15 is 0 Å². The number of rotatable bonds is 5. The number of thiophene rings is 1. The molecule has 4 nitrogen and oxygen atoms in total. The van der Waals surface area contributed by atoms with Crippen molar-refractivity contribution in [2.75, 3.05) is 5.75 Å². The van der Waals surface area contributed by atoms with Crippen LogP contribution in [0.3, 0.4) is 0 Å². The Balaban J connectivity index is 1.83. The standard InChI is InChI=1S/C14H17N3OS2/c15-11(18)6-3-7-19-13-12-9-4-1-2-5-10(9)20-14(12)17-8-16-13/h8H,1-7H2,(H2,15,18). The average Bonchev–Trinajstić information content (AvgIpc) is 2.82. The van der Waals surface area contributed by atoms with Gasteiger partial charge in [0.15, 0.2) is 0 Å². The lowest BCUT2D eigenvalue weighted by atomic mass is 9.97. The lowest BCUT2D eigenvalue weighted by Gasteiger charge is -2.11. The summed E-state index contributed by atoms with van der Waals surface area (Å²) in [6.45, 7) is 0. The van der Waals surface area contributed by atoms with Gasteiger partial charge in [0.2, 0.25) is 5.91 Å². The van der Waals surface area contributed by atoms with E-state index in [0.717, 1.165) is 28.5 Å². The van der Waals surface area contributed by atoms with Gasteiger partial charge in [-0.05, 0) is 37.7 Å². The normalized spacial score (nSPS) is 14.4. The zero-order chi connectivity index (χ0) is 13.9. The SMILES string of the molecule is NC(=O)CCCSc1ncnc2sc3c(c12)CCCC3. The van der Waals surface area contributed by atoms with Gasteiger partial charge < -0.3 is 5.73 Å². The monoisotopic (exact) mass is 307 g/mol. The van der Waals surface area contributed by atoms with Crippen LogP contribution in [0.5, 0.6) is 0 Å². The van der Waals surface area contributed by atoms with Crippen LogP contribution in [-0.4, -0.2) is 21.6 Å². The van der Waals surface area contributed by atoms with Gasteiger partial charge in [-0.1, -0.05) is 0 Å². The highest BCUT2D eigenvalue weighted by Crippen LogP contribution is 2.39. The molecule has 0 bridgehead atoms. The number of thioether (sulfide) groups is 1. The molecule has 0 unspecified atom stereocenters. The van der Waals surface area contributed by atoms with E-state index in [0.29, 0.717) is 6.42 Å². The number of aryl methyl sites for hydroxylation is 2. The number of nitrogens with two attached hydrogens (primary N) is 1. The molecule has 1 amide bonds. The quantitative estimate of drug-likeness (QED) is 0.524. The molecule has 0 aromatic carbocycles. The fourth-order valence-corrected chi connectivity index (χ4v) is 4.85. The minimum atomic E-state index is -0.230. The zero-order valence-corrected chi connectivity index (χ0v) is 12.9. The molecule has 0 spiro atoms. The zero-order valence-electron chi connectivity index (χ0n) is 11.2. The Morgan fingerprint density at radius 2 is 2.20 bits per heavy atom. The Bertz CT molecular complexity index is 639. The molecule has 0 aliphatic heterocycles. The van der Waals surface area contributed by atoms with Gasteiger partial charge in [-0.15, -0.1) is 23.1 Å². The Morgan fingerprint density at radius 1 is 1.35 bits per heavy atom. The molecule has 0 atom stereocenters. The molecular weight excluding hydrogens is 290 g/mol. The van der Waals surface area contributed by atoms with Gasteiger partial charge in [-0.2, -0.15) is 0 Å². The second-order valence-electron chi connectivity index (χ2n) is 4.99. The molecule has 6 heteroatoms. The number of fused-ring (bicyclic) bond motifs is 3. The maximum atomic E-state index is 10.8. The molecule has 106 valence electrons. The van der Waals surface area contributed by atoms with Gasteiger partial charge in [-0.3, -0.25) is 4.79 Å². The largest absolute Gasteiger partial charge is 0.370 e. The van der Waals surface area contributed by atoms with Crippen LogP contribution >= 0.6 is 23.1 Å². The van der Waals surface area contributed by atoms with Crippen molar-refractivity contribution < 1.29 is 4.79 Å². The van der Waals surface area contributed by atoms with E-state index in [-0.39, 0.29) is 5.91 Å². The van der Waals surface area contributed by atoms with Gasteiger partial charge >= 0.3 is 0 Å². The summed E-state index contributed by atoms with van der Waals surface area (Å²) in [5, 5.41) is 2.33. The van der Waals surface area contributed by atoms with Crippen LogP contribution in [0.25, 0.3) is 10.2 Å². The van der Waals surface area contributed by atoms with Crippen molar-refractivity contribution in [2.45, 2.75) is 43.6 Å². The van der Waals surface area contributed by atoms with Crippen molar-refractivity contribution in [1.82, 2.24) is 9.97 Å². The first-order valence-electron chi connectivity index (χ1n) is 6.92. The van der Waals surface area contributed by atoms with Gasteiger partial charge in [0, 0.05) is 22.4 Å². The second kappa shape index (κ2) is 6.10. The number of carbonyl (C=O) groups is 1. The highest BCUT2D eigenvalue weighted by molar-refractivity contribution is 7.99. The molecule has 2 N–H and O–H groups in total. The topological polar surface area (TPSA) is 68.9 Å². The summed E-state index contributed by atoms with van der Waals surface area (Å²) >= 11 is 3.54. The molecule has 2 aromatic heterocycles. The lowest BCUT2D eigenvalue weighted by molar-refractivity contribution is -0.118. The van der Waals surface area contributed by atoms with E-state index in [4.69, 9.17) is 5.73 Å². The number of aromatic nitrogens is 2. The summed E-state index contributed by atoms with van der Waals surface area (Å²) in [5.74, 6) is 0.644. The van der Waals surface area contributed by atoms with Crippen LogP contribution in [0.1, 0.15) is 36.1 Å². The summed E-state index contributed by atoms with van der Waals surface area (Å²) < 4.78 is 0. The molecule has 3 rings (SSSR count). The third kappa shape index (κ3) is 2.81. The average molecular weight is 307 g/mol. The van der Waals surface area contributed by atoms with Gasteiger partial charge in [0.25, 0.3) is 0 Å².